The molecule has 1 saturated carbocycles. The van der Waals surface area contributed by atoms with Crippen LogP contribution in [0.1, 0.15) is 39.0 Å². The lowest BCUT2D eigenvalue weighted by Gasteiger charge is -2.25. The molecule has 1 aliphatic rings. The van der Waals surface area contributed by atoms with Crippen LogP contribution in [0.15, 0.2) is 0 Å². The Morgan fingerprint density at radius 1 is 1.20 bits per heavy atom. The first-order chi connectivity index (χ1) is 4.83. The van der Waals surface area contributed by atoms with Crippen LogP contribution in [0, 0.1) is 11.8 Å². The summed E-state index contributed by atoms with van der Waals surface area (Å²) in [6.07, 6.45) is 6.49. The van der Waals surface area contributed by atoms with Gasteiger partial charge < -0.3 is 5.11 Å². The molecule has 10 heavy (non-hydrogen) atoms. The molecule has 0 radical (unpaired) electrons. The zero-order chi connectivity index (χ0) is 7.40. The van der Waals surface area contributed by atoms with E-state index >= 15 is 0 Å². The SMILES string of the molecule is C[C@H]1CC[C@@H](CCO)CC1. The van der Waals surface area contributed by atoms with Crippen molar-refractivity contribution in [2.24, 2.45) is 11.8 Å². The normalized spacial score (nSPS) is 34.2. The minimum Gasteiger partial charge on any atom is -0.396 e. The lowest BCUT2D eigenvalue weighted by molar-refractivity contribution is 0.211. The molecule has 0 heterocycles. The average Bonchev–Trinajstić information content (AvgIpc) is 1.95. The molecule has 0 spiro atoms. The Hall–Kier alpha value is -0.0400. The van der Waals surface area contributed by atoms with Crippen LogP contribution in [0.3, 0.4) is 0 Å². The summed E-state index contributed by atoms with van der Waals surface area (Å²) in [4.78, 5) is 0. The van der Waals surface area contributed by atoms with Gasteiger partial charge in [-0.25, -0.2) is 0 Å². The molecule has 1 rings (SSSR count). The molecule has 0 amide bonds. The first kappa shape index (κ1) is 8.06. The van der Waals surface area contributed by atoms with Gasteiger partial charge in [-0.1, -0.05) is 32.6 Å². The van der Waals surface area contributed by atoms with Gasteiger partial charge in [0.25, 0.3) is 0 Å². The van der Waals surface area contributed by atoms with Gasteiger partial charge in [0.15, 0.2) is 0 Å². The van der Waals surface area contributed by atoms with Gasteiger partial charge in [0, 0.05) is 6.61 Å². The standard InChI is InChI=1S/C9H18O/c1-8-2-4-9(5-3-8)6-7-10/h8-10H,2-7H2,1H3/t8-,9+. The molecular formula is C9H18O. The Balaban J connectivity index is 2.13. The molecule has 0 saturated heterocycles. The van der Waals surface area contributed by atoms with Crippen LogP contribution < -0.4 is 0 Å². The second-order valence-electron chi connectivity index (χ2n) is 3.64. The van der Waals surface area contributed by atoms with Crippen molar-refractivity contribution < 1.29 is 5.11 Å². The third-order valence-electron chi connectivity index (χ3n) is 2.67. The summed E-state index contributed by atoms with van der Waals surface area (Å²) in [6, 6.07) is 0. The molecule has 60 valence electrons. The monoisotopic (exact) mass is 142 g/mol. The largest absolute Gasteiger partial charge is 0.396 e. The van der Waals surface area contributed by atoms with E-state index in [9.17, 15) is 0 Å². The molecule has 1 N–H and O–H groups in total. The van der Waals surface area contributed by atoms with E-state index in [1.54, 1.807) is 0 Å². The topological polar surface area (TPSA) is 20.2 Å². The number of rotatable bonds is 2. The van der Waals surface area contributed by atoms with Crippen molar-refractivity contribution in [3.63, 3.8) is 0 Å². The van der Waals surface area contributed by atoms with Crippen molar-refractivity contribution in [1.82, 2.24) is 0 Å². The zero-order valence-corrected chi connectivity index (χ0v) is 6.84. The smallest absolute Gasteiger partial charge is 0.0433 e. The Bertz CT molecular complexity index is 82.7. The van der Waals surface area contributed by atoms with E-state index in [0.717, 1.165) is 18.3 Å². The van der Waals surface area contributed by atoms with Gasteiger partial charge in [0.1, 0.15) is 0 Å². The van der Waals surface area contributed by atoms with Crippen LogP contribution in [-0.2, 0) is 0 Å². The van der Waals surface area contributed by atoms with Gasteiger partial charge >= 0.3 is 0 Å². The highest BCUT2D eigenvalue weighted by molar-refractivity contribution is 4.69. The molecular weight excluding hydrogens is 124 g/mol. The molecule has 0 aromatic rings. The van der Waals surface area contributed by atoms with Crippen molar-refractivity contribution in [2.45, 2.75) is 39.0 Å². The number of hydrogen-bond donors (Lipinski definition) is 1. The lowest BCUT2D eigenvalue weighted by Crippen LogP contribution is -2.13. The summed E-state index contributed by atoms with van der Waals surface area (Å²) in [6.45, 7) is 2.72. The number of aliphatic hydroxyl groups is 1. The number of aliphatic hydroxyl groups excluding tert-OH is 1. The molecule has 0 bridgehead atoms. The van der Waals surface area contributed by atoms with E-state index in [2.05, 4.69) is 6.92 Å². The van der Waals surface area contributed by atoms with Gasteiger partial charge in [0.05, 0.1) is 0 Å². The predicted octanol–water partition coefficient (Wildman–Crippen LogP) is 2.20. The first-order valence-corrected chi connectivity index (χ1v) is 4.43. The van der Waals surface area contributed by atoms with Gasteiger partial charge in [-0.15, -0.1) is 0 Å². The molecule has 1 heteroatoms. The maximum absolute atomic E-state index is 8.68. The fraction of sp³-hybridized carbons (Fsp3) is 1.00. The van der Waals surface area contributed by atoms with Crippen molar-refractivity contribution in [1.29, 1.82) is 0 Å². The third-order valence-corrected chi connectivity index (χ3v) is 2.67. The summed E-state index contributed by atoms with van der Waals surface area (Å²) in [7, 11) is 0. The molecule has 0 aliphatic heterocycles. The molecule has 1 nitrogen and oxygen atoms in total. The van der Waals surface area contributed by atoms with Crippen molar-refractivity contribution in [2.75, 3.05) is 6.61 Å². The van der Waals surface area contributed by atoms with Crippen LogP contribution in [-0.4, -0.2) is 11.7 Å². The summed E-state index contributed by atoms with van der Waals surface area (Å²) < 4.78 is 0. The first-order valence-electron chi connectivity index (χ1n) is 4.43. The van der Waals surface area contributed by atoms with Gasteiger partial charge in [-0.3, -0.25) is 0 Å². The highest BCUT2D eigenvalue weighted by atomic mass is 16.3. The minimum absolute atomic E-state index is 0.388. The van der Waals surface area contributed by atoms with E-state index in [1.807, 2.05) is 0 Å². The molecule has 0 atom stereocenters. The Labute approximate surface area is 63.4 Å². The van der Waals surface area contributed by atoms with Crippen LogP contribution in [0.25, 0.3) is 0 Å². The van der Waals surface area contributed by atoms with E-state index in [0.29, 0.717) is 6.61 Å². The van der Waals surface area contributed by atoms with Crippen molar-refractivity contribution in [3.05, 3.63) is 0 Å². The van der Waals surface area contributed by atoms with Crippen molar-refractivity contribution >= 4 is 0 Å². The zero-order valence-electron chi connectivity index (χ0n) is 6.84. The summed E-state index contributed by atoms with van der Waals surface area (Å²) in [5.41, 5.74) is 0. The minimum atomic E-state index is 0.388. The maximum atomic E-state index is 8.68. The molecule has 0 aromatic carbocycles. The summed E-state index contributed by atoms with van der Waals surface area (Å²) >= 11 is 0. The molecule has 0 aromatic heterocycles. The quantitative estimate of drug-likeness (QED) is 0.626. The summed E-state index contributed by atoms with van der Waals surface area (Å²) in [5, 5.41) is 8.68. The van der Waals surface area contributed by atoms with E-state index in [4.69, 9.17) is 5.11 Å². The van der Waals surface area contributed by atoms with Gasteiger partial charge in [0.2, 0.25) is 0 Å². The fourth-order valence-corrected chi connectivity index (χ4v) is 1.80. The maximum Gasteiger partial charge on any atom is 0.0433 e. The Morgan fingerprint density at radius 3 is 2.30 bits per heavy atom. The van der Waals surface area contributed by atoms with E-state index in [1.165, 1.54) is 25.7 Å². The molecule has 1 aliphatic carbocycles. The predicted molar refractivity (Wildman–Crippen MR) is 42.8 cm³/mol. The second kappa shape index (κ2) is 3.97. The van der Waals surface area contributed by atoms with Crippen LogP contribution in [0.2, 0.25) is 0 Å². The van der Waals surface area contributed by atoms with Crippen LogP contribution in [0.4, 0.5) is 0 Å². The second-order valence-corrected chi connectivity index (χ2v) is 3.64. The Kier molecular flexibility index (Phi) is 3.20. The van der Waals surface area contributed by atoms with Crippen LogP contribution >= 0.6 is 0 Å². The highest BCUT2D eigenvalue weighted by Crippen LogP contribution is 2.29. The third kappa shape index (κ3) is 2.30. The fourth-order valence-electron chi connectivity index (χ4n) is 1.80. The van der Waals surface area contributed by atoms with Crippen LogP contribution in [0.5, 0.6) is 0 Å². The highest BCUT2D eigenvalue weighted by Gasteiger charge is 2.16. The summed E-state index contributed by atoms with van der Waals surface area (Å²) in [5.74, 6) is 1.77. The van der Waals surface area contributed by atoms with E-state index < -0.39 is 0 Å². The molecule has 0 unspecified atom stereocenters. The number of hydrogen-bond acceptors (Lipinski definition) is 1. The average molecular weight is 142 g/mol. The van der Waals surface area contributed by atoms with Crippen molar-refractivity contribution in [3.8, 4) is 0 Å². The molecule has 1 fully saturated rings. The van der Waals surface area contributed by atoms with Gasteiger partial charge in [-0.05, 0) is 18.3 Å². The van der Waals surface area contributed by atoms with E-state index in [-0.39, 0.29) is 0 Å². The Morgan fingerprint density at radius 2 is 1.80 bits per heavy atom. The lowest BCUT2D eigenvalue weighted by atomic mass is 9.82. The van der Waals surface area contributed by atoms with Gasteiger partial charge in [-0.2, -0.15) is 0 Å².